The molecule has 2 aromatic carbocycles. The lowest BCUT2D eigenvalue weighted by Crippen LogP contribution is -2.08. The zero-order valence-electron chi connectivity index (χ0n) is 18.7. The molecule has 0 atom stereocenters. The molecule has 1 heterocycles. The average molecular weight is 437 g/mol. The molecule has 32 heavy (non-hydrogen) atoms. The van der Waals surface area contributed by atoms with E-state index in [0.29, 0.717) is 41.9 Å². The van der Waals surface area contributed by atoms with E-state index in [0.717, 1.165) is 23.3 Å². The molecule has 0 N–H and O–H groups in total. The van der Waals surface area contributed by atoms with Crippen molar-refractivity contribution in [2.24, 2.45) is 0 Å². The fourth-order valence-corrected chi connectivity index (χ4v) is 3.50. The first-order chi connectivity index (χ1) is 15.5. The van der Waals surface area contributed by atoms with Gasteiger partial charge >= 0.3 is 11.9 Å². The van der Waals surface area contributed by atoms with Gasteiger partial charge in [0, 0.05) is 17.5 Å². The topological polar surface area (TPSA) is 75.0 Å². The van der Waals surface area contributed by atoms with Gasteiger partial charge in [-0.2, -0.15) is 0 Å². The number of hydrogen-bond acceptors (Lipinski definition) is 6. The second kappa shape index (κ2) is 11.2. The maximum atomic E-state index is 13.0. The third kappa shape index (κ3) is 5.58. The number of carbonyl (C=O) groups excluding carboxylic acids is 2. The van der Waals surface area contributed by atoms with E-state index in [9.17, 15) is 9.59 Å². The summed E-state index contributed by atoms with van der Waals surface area (Å²) in [5, 5.41) is 0. The Kier molecular flexibility index (Phi) is 8.08. The van der Waals surface area contributed by atoms with Crippen LogP contribution in [0.5, 0.6) is 5.75 Å². The van der Waals surface area contributed by atoms with E-state index < -0.39 is 5.97 Å². The van der Waals surface area contributed by atoms with Gasteiger partial charge in [-0.05, 0) is 43.9 Å². The van der Waals surface area contributed by atoms with Gasteiger partial charge in [0.2, 0.25) is 0 Å². The quantitative estimate of drug-likeness (QED) is 0.294. The number of esters is 2. The van der Waals surface area contributed by atoms with Crippen LogP contribution in [0, 0.1) is 6.92 Å². The van der Waals surface area contributed by atoms with E-state index in [4.69, 9.17) is 13.9 Å². The summed E-state index contributed by atoms with van der Waals surface area (Å²) >= 11 is 0. The van der Waals surface area contributed by atoms with Crippen LogP contribution in [0.15, 0.2) is 59.0 Å². The lowest BCUT2D eigenvalue weighted by atomic mass is 9.97. The summed E-state index contributed by atoms with van der Waals surface area (Å²) in [6, 6.07) is 17.2. The second-order valence-electron chi connectivity index (χ2n) is 7.35. The van der Waals surface area contributed by atoms with Crippen LogP contribution >= 0.6 is 0 Å². The number of carbonyl (C=O) groups is 2. The largest absolute Gasteiger partial charge is 0.497 e. The van der Waals surface area contributed by atoms with Crippen LogP contribution in [-0.4, -0.2) is 32.8 Å². The van der Waals surface area contributed by atoms with Crippen molar-refractivity contribution >= 4 is 11.9 Å². The smallest absolute Gasteiger partial charge is 0.342 e. The summed E-state index contributed by atoms with van der Waals surface area (Å²) in [6.07, 6.45) is 2.51. The molecular formula is C26H28O6. The molecule has 1 aromatic heterocycles. The van der Waals surface area contributed by atoms with Crippen molar-refractivity contribution < 1.29 is 28.2 Å². The molecule has 0 aliphatic carbocycles. The van der Waals surface area contributed by atoms with E-state index in [-0.39, 0.29) is 12.6 Å². The molecule has 6 heteroatoms. The molecule has 0 unspecified atom stereocenters. The predicted octanol–water partition coefficient (Wildman–Crippen LogP) is 5.82. The average Bonchev–Trinajstić information content (AvgIpc) is 3.18. The zero-order valence-corrected chi connectivity index (χ0v) is 18.7. The number of ether oxygens (including phenoxy) is 3. The maximum Gasteiger partial charge on any atom is 0.342 e. The summed E-state index contributed by atoms with van der Waals surface area (Å²) in [5.41, 5.74) is 2.84. The fourth-order valence-electron chi connectivity index (χ4n) is 3.50. The highest BCUT2D eigenvalue weighted by atomic mass is 16.5. The third-order valence-corrected chi connectivity index (χ3v) is 5.19. The van der Waals surface area contributed by atoms with E-state index in [1.54, 1.807) is 14.0 Å². The van der Waals surface area contributed by atoms with Gasteiger partial charge in [0.15, 0.2) is 0 Å². The Morgan fingerprint density at radius 2 is 1.59 bits per heavy atom. The van der Waals surface area contributed by atoms with Crippen LogP contribution < -0.4 is 4.74 Å². The van der Waals surface area contributed by atoms with E-state index in [2.05, 4.69) is 4.74 Å². The lowest BCUT2D eigenvalue weighted by molar-refractivity contribution is -0.140. The molecule has 0 fully saturated rings. The minimum atomic E-state index is -0.424. The van der Waals surface area contributed by atoms with Crippen LogP contribution in [0.4, 0.5) is 0 Å². The van der Waals surface area contributed by atoms with E-state index in [1.165, 1.54) is 7.11 Å². The van der Waals surface area contributed by atoms with Crippen molar-refractivity contribution in [3.63, 3.8) is 0 Å². The highest BCUT2D eigenvalue weighted by Crippen LogP contribution is 2.40. The fraction of sp³-hybridized carbons (Fsp3) is 0.308. The number of methoxy groups -OCH3 is 2. The maximum absolute atomic E-state index is 13.0. The zero-order chi connectivity index (χ0) is 22.9. The number of unbranched alkanes of at least 4 members (excludes halogenated alkanes) is 2. The molecule has 168 valence electrons. The molecule has 0 spiro atoms. The Bertz CT molecular complexity index is 1030. The Morgan fingerprint density at radius 3 is 2.25 bits per heavy atom. The second-order valence-corrected chi connectivity index (χ2v) is 7.35. The molecule has 0 amide bonds. The third-order valence-electron chi connectivity index (χ3n) is 5.19. The molecule has 0 bridgehead atoms. The van der Waals surface area contributed by atoms with Crippen LogP contribution in [0.2, 0.25) is 0 Å². The SMILES string of the molecule is COC(=O)CCCCCOC(=O)c1c(C)oc(-c2ccccc2)c1-c1ccc(OC)cc1. The van der Waals surface area contributed by atoms with Gasteiger partial charge in [-0.3, -0.25) is 4.79 Å². The van der Waals surface area contributed by atoms with Crippen LogP contribution in [0.25, 0.3) is 22.5 Å². The molecule has 0 radical (unpaired) electrons. The van der Waals surface area contributed by atoms with Gasteiger partial charge in [-0.1, -0.05) is 42.5 Å². The van der Waals surface area contributed by atoms with Crippen molar-refractivity contribution in [3.05, 3.63) is 65.9 Å². The first kappa shape index (κ1) is 23.1. The summed E-state index contributed by atoms with van der Waals surface area (Å²) in [6.45, 7) is 2.04. The number of benzene rings is 2. The number of hydrogen-bond donors (Lipinski definition) is 0. The van der Waals surface area contributed by atoms with Gasteiger partial charge in [0.25, 0.3) is 0 Å². The molecule has 0 saturated carbocycles. The first-order valence-electron chi connectivity index (χ1n) is 10.6. The lowest BCUT2D eigenvalue weighted by Gasteiger charge is -2.09. The number of furan rings is 1. The Morgan fingerprint density at radius 1 is 0.875 bits per heavy atom. The first-order valence-corrected chi connectivity index (χ1v) is 10.6. The van der Waals surface area contributed by atoms with Crippen molar-refractivity contribution in [2.75, 3.05) is 20.8 Å². The molecule has 0 saturated heterocycles. The molecule has 3 rings (SSSR count). The summed E-state index contributed by atoms with van der Waals surface area (Å²) in [5.74, 6) is 1.20. The van der Waals surface area contributed by atoms with Gasteiger partial charge in [-0.15, -0.1) is 0 Å². The van der Waals surface area contributed by atoms with Gasteiger partial charge < -0.3 is 18.6 Å². The Labute approximate surface area is 188 Å². The minimum absolute atomic E-state index is 0.228. The minimum Gasteiger partial charge on any atom is -0.497 e. The normalized spacial score (nSPS) is 10.6. The Balaban J connectivity index is 1.82. The molecule has 0 aliphatic rings. The highest BCUT2D eigenvalue weighted by Gasteiger charge is 2.26. The molecule has 6 nitrogen and oxygen atoms in total. The summed E-state index contributed by atoms with van der Waals surface area (Å²) in [4.78, 5) is 24.2. The number of aryl methyl sites for hydroxylation is 1. The number of rotatable bonds is 10. The molecule has 3 aromatic rings. The van der Waals surface area contributed by atoms with Crippen molar-refractivity contribution in [1.82, 2.24) is 0 Å². The molecule has 0 aliphatic heterocycles. The van der Waals surface area contributed by atoms with Crippen LogP contribution in [0.3, 0.4) is 0 Å². The van der Waals surface area contributed by atoms with Gasteiger partial charge in [0.1, 0.15) is 22.8 Å². The van der Waals surface area contributed by atoms with Crippen LogP contribution in [0.1, 0.15) is 41.8 Å². The van der Waals surface area contributed by atoms with Gasteiger partial charge in [0.05, 0.1) is 20.8 Å². The van der Waals surface area contributed by atoms with Crippen molar-refractivity contribution in [1.29, 1.82) is 0 Å². The summed E-state index contributed by atoms with van der Waals surface area (Å²) in [7, 11) is 2.99. The monoisotopic (exact) mass is 436 g/mol. The van der Waals surface area contributed by atoms with E-state index >= 15 is 0 Å². The highest BCUT2D eigenvalue weighted by molar-refractivity contribution is 6.02. The van der Waals surface area contributed by atoms with E-state index in [1.807, 2.05) is 54.6 Å². The van der Waals surface area contributed by atoms with Crippen molar-refractivity contribution in [2.45, 2.75) is 32.6 Å². The molecular weight excluding hydrogens is 408 g/mol. The summed E-state index contributed by atoms with van der Waals surface area (Å²) < 4.78 is 21.5. The van der Waals surface area contributed by atoms with Crippen molar-refractivity contribution in [3.8, 4) is 28.2 Å². The predicted molar refractivity (Wildman–Crippen MR) is 122 cm³/mol. The standard InChI is InChI=1S/C26H28O6/c1-18-23(26(28)31-17-9-5-8-12-22(27)30-3)24(19-13-15-21(29-2)16-14-19)25(32-18)20-10-6-4-7-11-20/h4,6-7,10-11,13-16H,5,8-9,12,17H2,1-3H3. The van der Waals surface area contributed by atoms with Crippen LogP contribution in [-0.2, 0) is 14.3 Å². The van der Waals surface area contributed by atoms with Gasteiger partial charge in [-0.25, -0.2) is 4.79 Å². The Hall–Kier alpha value is -3.54.